The second-order valence-electron chi connectivity index (χ2n) is 11.5. The largest absolute Gasteiger partial charge is 0.510 e. The van der Waals surface area contributed by atoms with E-state index in [-0.39, 0.29) is 24.0 Å². The van der Waals surface area contributed by atoms with Gasteiger partial charge in [0.2, 0.25) is 12.1 Å². The number of nitrogens with one attached hydrogen (secondary N) is 1. The molecule has 1 saturated heterocycles. The first-order chi connectivity index (χ1) is 21.1. The molecule has 2 atom stereocenters. The first-order valence-electron chi connectivity index (χ1n) is 14.9. The number of tetrazole rings is 1. The van der Waals surface area contributed by atoms with Crippen molar-refractivity contribution in [2.75, 3.05) is 18.0 Å². The third-order valence-corrected chi connectivity index (χ3v) is 7.43. The third-order valence-electron chi connectivity index (χ3n) is 7.43. The Morgan fingerprint density at radius 1 is 1.09 bits per heavy atom. The number of amides is 1. The van der Waals surface area contributed by atoms with Crippen molar-refractivity contribution >= 4 is 17.9 Å². The Morgan fingerprint density at radius 3 is 2.52 bits per heavy atom. The predicted octanol–water partition coefficient (Wildman–Crippen LogP) is 4.56. The van der Waals surface area contributed by atoms with Crippen molar-refractivity contribution in [3.63, 3.8) is 0 Å². The van der Waals surface area contributed by atoms with E-state index in [1.54, 1.807) is 38.0 Å². The second-order valence-corrected chi connectivity index (χ2v) is 11.5. The summed E-state index contributed by atoms with van der Waals surface area (Å²) >= 11 is 0. The minimum atomic E-state index is -0.811. The van der Waals surface area contributed by atoms with Crippen molar-refractivity contribution in [3.05, 3.63) is 59.9 Å². The number of hydrogen-bond acceptors (Lipinski definition) is 10. The summed E-state index contributed by atoms with van der Waals surface area (Å²) in [6.45, 7) is 10.9. The Labute approximate surface area is 256 Å². The summed E-state index contributed by atoms with van der Waals surface area (Å²) in [7, 11) is 1.79. The number of piperidine rings is 1. The Bertz CT molecular complexity index is 1590. The SMILES string of the molecule is Cc1cccnc1N(C(=O)c1ccc(-c2cnn(C)c2-c2nnn(C(OC(=O)OC(C)C)C(C)C)n2)cc1)C1CCCNC1. The number of rotatable bonds is 9. The monoisotopic (exact) mass is 601 g/mol. The summed E-state index contributed by atoms with van der Waals surface area (Å²) in [6, 6.07) is 11.3. The lowest BCUT2D eigenvalue weighted by molar-refractivity contribution is -0.0473. The number of ether oxygens (including phenoxy) is 2. The zero-order valence-electron chi connectivity index (χ0n) is 26.0. The molecular weight excluding hydrogens is 562 g/mol. The van der Waals surface area contributed by atoms with Crippen LogP contribution in [0, 0.1) is 12.8 Å². The molecule has 0 bridgehead atoms. The van der Waals surface area contributed by atoms with Gasteiger partial charge in [-0.05, 0) is 74.7 Å². The lowest BCUT2D eigenvalue weighted by atomic mass is 10.0. The highest BCUT2D eigenvalue weighted by Gasteiger charge is 2.30. The molecule has 0 aliphatic carbocycles. The molecule has 1 fully saturated rings. The lowest BCUT2D eigenvalue weighted by Gasteiger charge is -2.34. The molecule has 44 heavy (non-hydrogen) atoms. The van der Waals surface area contributed by atoms with Gasteiger partial charge in [-0.1, -0.05) is 32.0 Å². The number of aryl methyl sites for hydroxylation is 2. The van der Waals surface area contributed by atoms with Gasteiger partial charge >= 0.3 is 6.16 Å². The van der Waals surface area contributed by atoms with Crippen LogP contribution in [0.1, 0.15) is 62.7 Å². The molecule has 4 aromatic rings. The zero-order valence-corrected chi connectivity index (χ0v) is 26.0. The molecule has 2 unspecified atom stereocenters. The second kappa shape index (κ2) is 13.3. The first-order valence-corrected chi connectivity index (χ1v) is 14.9. The Morgan fingerprint density at radius 2 is 1.86 bits per heavy atom. The maximum atomic E-state index is 14.0. The van der Waals surface area contributed by atoms with Gasteiger partial charge in [0.05, 0.1) is 18.3 Å². The minimum Gasteiger partial charge on any atom is -0.432 e. The average molecular weight is 602 g/mol. The van der Waals surface area contributed by atoms with Crippen LogP contribution >= 0.6 is 0 Å². The molecule has 0 spiro atoms. The van der Waals surface area contributed by atoms with Gasteiger partial charge in [-0.2, -0.15) is 5.10 Å². The Kier molecular flexibility index (Phi) is 9.33. The van der Waals surface area contributed by atoms with Gasteiger partial charge in [0.25, 0.3) is 5.91 Å². The van der Waals surface area contributed by atoms with E-state index >= 15 is 0 Å². The molecule has 13 nitrogen and oxygen atoms in total. The quantitative estimate of drug-likeness (QED) is 0.271. The molecule has 4 heterocycles. The highest BCUT2D eigenvalue weighted by Crippen LogP contribution is 2.31. The van der Waals surface area contributed by atoms with Gasteiger partial charge in [0.15, 0.2) is 0 Å². The van der Waals surface area contributed by atoms with Crippen LogP contribution in [-0.4, -0.2) is 72.3 Å². The molecule has 1 amide bonds. The highest BCUT2D eigenvalue weighted by molar-refractivity contribution is 6.06. The van der Waals surface area contributed by atoms with Gasteiger partial charge in [-0.15, -0.1) is 15.0 Å². The Hall–Kier alpha value is -4.65. The van der Waals surface area contributed by atoms with Crippen molar-refractivity contribution < 1.29 is 19.1 Å². The molecule has 1 aromatic carbocycles. The predicted molar refractivity (Wildman–Crippen MR) is 164 cm³/mol. The molecule has 1 aliphatic rings. The number of carbonyl (C=O) groups excluding carboxylic acids is 2. The third kappa shape index (κ3) is 6.62. The topological polar surface area (TPSA) is 142 Å². The van der Waals surface area contributed by atoms with Crippen molar-refractivity contribution in [1.82, 2.24) is 40.3 Å². The normalized spacial score (nSPS) is 15.8. The van der Waals surface area contributed by atoms with Gasteiger partial charge in [0, 0.05) is 36.8 Å². The summed E-state index contributed by atoms with van der Waals surface area (Å²) in [4.78, 5) is 33.8. The molecule has 1 aliphatic heterocycles. The zero-order chi connectivity index (χ0) is 31.4. The molecule has 0 saturated carbocycles. The number of pyridine rings is 1. The molecule has 5 rings (SSSR count). The van der Waals surface area contributed by atoms with E-state index in [1.165, 1.54) is 4.80 Å². The number of aromatic nitrogens is 7. The minimum absolute atomic E-state index is 0.00834. The fraction of sp³-hybridized carbons (Fsp3) is 0.452. The van der Waals surface area contributed by atoms with Gasteiger partial charge in [-0.3, -0.25) is 14.4 Å². The van der Waals surface area contributed by atoms with Crippen molar-refractivity contribution in [2.45, 2.75) is 65.8 Å². The number of benzene rings is 1. The standard InChI is InChI=1S/C31H39N9O4/c1-19(2)30(44-31(42)43-20(3)4)40-36-27(35-37-40)26-25(18-34-38(26)6)22-11-13-23(14-12-22)29(41)39(24-10-8-15-32-17-24)28-21(5)9-7-16-33-28/h7,9,11-14,16,18-20,24,30,32H,8,10,15,17H2,1-6H3. The summed E-state index contributed by atoms with van der Waals surface area (Å²) in [6.07, 6.45) is 3.41. The van der Waals surface area contributed by atoms with E-state index < -0.39 is 12.4 Å². The van der Waals surface area contributed by atoms with Crippen LogP contribution in [0.2, 0.25) is 0 Å². The molecule has 3 aromatic heterocycles. The van der Waals surface area contributed by atoms with Gasteiger partial charge < -0.3 is 14.8 Å². The highest BCUT2D eigenvalue weighted by atomic mass is 16.7. The van der Waals surface area contributed by atoms with Crippen LogP contribution in [0.5, 0.6) is 0 Å². The molecular formula is C31H39N9O4. The number of anilines is 1. The summed E-state index contributed by atoms with van der Waals surface area (Å²) in [5.74, 6) is 0.749. The summed E-state index contributed by atoms with van der Waals surface area (Å²) in [5, 5.41) is 20.8. The number of carbonyl (C=O) groups is 2. The van der Waals surface area contributed by atoms with E-state index in [0.717, 1.165) is 36.1 Å². The molecule has 13 heteroatoms. The van der Waals surface area contributed by atoms with E-state index in [1.807, 2.05) is 62.1 Å². The van der Waals surface area contributed by atoms with Crippen LogP contribution in [0.25, 0.3) is 22.6 Å². The number of hydrogen-bond donors (Lipinski definition) is 1. The number of nitrogens with zero attached hydrogens (tertiary/aromatic N) is 8. The first kappa shape index (κ1) is 30.8. The molecule has 1 N–H and O–H groups in total. The van der Waals surface area contributed by atoms with Crippen molar-refractivity contribution in [2.24, 2.45) is 13.0 Å². The average Bonchev–Trinajstić information content (AvgIpc) is 3.63. The Balaban J connectivity index is 1.41. The van der Waals surface area contributed by atoms with Crippen LogP contribution in [0.15, 0.2) is 48.8 Å². The van der Waals surface area contributed by atoms with Crippen LogP contribution in [-0.2, 0) is 16.5 Å². The summed E-state index contributed by atoms with van der Waals surface area (Å²) < 4.78 is 12.3. The van der Waals surface area contributed by atoms with Gasteiger partial charge in [-0.25, -0.2) is 9.78 Å². The van der Waals surface area contributed by atoms with Crippen LogP contribution in [0.4, 0.5) is 10.6 Å². The smallest absolute Gasteiger partial charge is 0.432 e. The molecule has 0 radical (unpaired) electrons. The summed E-state index contributed by atoms with van der Waals surface area (Å²) in [5.41, 5.74) is 3.73. The van der Waals surface area contributed by atoms with Crippen LogP contribution < -0.4 is 10.2 Å². The van der Waals surface area contributed by atoms with E-state index in [2.05, 4.69) is 30.8 Å². The maximum absolute atomic E-state index is 14.0. The molecule has 232 valence electrons. The van der Waals surface area contributed by atoms with E-state index in [0.29, 0.717) is 29.4 Å². The lowest BCUT2D eigenvalue weighted by Crippen LogP contribution is -2.49. The van der Waals surface area contributed by atoms with Gasteiger partial charge in [0.1, 0.15) is 11.5 Å². The van der Waals surface area contributed by atoms with Crippen molar-refractivity contribution in [3.8, 4) is 22.6 Å². The maximum Gasteiger partial charge on any atom is 0.510 e. The van der Waals surface area contributed by atoms with Crippen LogP contribution in [0.3, 0.4) is 0 Å². The fourth-order valence-electron chi connectivity index (χ4n) is 5.26. The van der Waals surface area contributed by atoms with Crippen molar-refractivity contribution in [1.29, 1.82) is 0 Å². The fourth-order valence-corrected chi connectivity index (χ4v) is 5.26. The van der Waals surface area contributed by atoms with E-state index in [9.17, 15) is 9.59 Å². The van der Waals surface area contributed by atoms with E-state index in [4.69, 9.17) is 9.47 Å².